The number of benzene rings is 1. The number of nitrogens with one attached hydrogen (secondary N) is 1. The fourth-order valence-corrected chi connectivity index (χ4v) is 2.80. The highest BCUT2D eigenvalue weighted by Gasteiger charge is 2.34. The predicted molar refractivity (Wildman–Crippen MR) is 104 cm³/mol. The van der Waals surface area contributed by atoms with Gasteiger partial charge in [-0.3, -0.25) is 4.98 Å². The van der Waals surface area contributed by atoms with Gasteiger partial charge in [0.15, 0.2) is 11.5 Å². The van der Waals surface area contributed by atoms with E-state index in [9.17, 15) is 27.5 Å². The molecule has 12 heteroatoms. The highest BCUT2D eigenvalue weighted by molar-refractivity contribution is 5.89. The molecule has 1 aromatic carbocycles. The lowest BCUT2D eigenvalue weighted by atomic mass is 10.1. The number of carbonyl (C=O) groups is 1. The van der Waals surface area contributed by atoms with Crippen LogP contribution < -0.4 is 5.32 Å². The molecule has 0 unspecified atom stereocenters. The minimum atomic E-state index is -4.67. The van der Waals surface area contributed by atoms with Gasteiger partial charge in [-0.25, -0.2) is 18.9 Å². The normalized spacial score (nSPS) is 11.4. The summed E-state index contributed by atoms with van der Waals surface area (Å²) in [5.74, 6) is -1.85. The first-order valence-electron chi connectivity index (χ1n) is 8.92. The average Bonchev–Trinajstić information content (AvgIpc) is 3.25. The number of carboxylic acid groups (broad SMARTS) is 1. The largest absolute Gasteiger partial charge is 0.478 e. The summed E-state index contributed by atoms with van der Waals surface area (Å²) in [6, 6.07) is 7.50. The Balaban J connectivity index is 1.83. The van der Waals surface area contributed by atoms with Crippen molar-refractivity contribution in [3.05, 3.63) is 78.3 Å². The maximum absolute atomic E-state index is 13.5. The fourth-order valence-electron chi connectivity index (χ4n) is 2.80. The summed E-state index contributed by atoms with van der Waals surface area (Å²) in [6.07, 6.45) is 0.118. The molecule has 32 heavy (non-hydrogen) atoms. The molecule has 0 aliphatic rings. The summed E-state index contributed by atoms with van der Waals surface area (Å²) in [5, 5.41) is 15.5. The van der Waals surface area contributed by atoms with Gasteiger partial charge in [-0.05, 0) is 30.3 Å². The molecule has 8 nitrogen and oxygen atoms in total. The van der Waals surface area contributed by atoms with Gasteiger partial charge in [0.1, 0.15) is 5.82 Å². The van der Waals surface area contributed by atoms with Gasteiger partial charge in [0.05, 0.1) is 5.56 Å². The molecule has 4 rings (SSSR count). The number of rotatable bonds is 5. The van der Waals surface area contributed by atoms with Crippen LogP contribution >= 0.6 is 0 Å². The van der Waals surface area contributed by atoms with Crippen molar-refractivity contribution in [3.8, 4) is 16.9 Å². The molecular weight excluding hydrogens is 432 g/mol. The molecule has 0 saturated heterocycles. The molecule has 0 fully saturated rings. The second-order valence-corrected chi connectivity index (χ2v) is 6.48. The van der Waals surface area contributed by atoms with Gasteiger partial charge in [0, 0.05) is 41.6 Å². The molecule has 0 aliphatic heterocycles. The third-order valence-corrected chi connectivity index (χ3v) is 4.24. The Morgan fingerprint density at radius 3 is 2.59 bits per heavy atom. The summed E-state index contributed by atoms with van der Waals surface area (Å²) in [7, 11) is 0. The van der Waals surface area contributed by atoms with Crippen LogP contribution in [0.4, 0.5) is 29.2 Å². The Hall–Kier alpha value is -4.35. The summed E-state index contributed by atoms with van der Waals surface area (Å²) < 4.78 is 53.5. The molecule has 0 saturated carbocycles. The van der Waals surface area contributed by atoms with Crippen LogP contribution in [0.25, 0.3) is 16.9 Å². The molecule has 2 N–H and O–H groups in total. The molecule has 0 amide bonds. The van der Waals surface area contributed by atoms with E-state index in [-0.39, 0.29) is 28.5 Å². The Bertz CT molecular complexity index is 1310. The first kappa shape index (κ1) is 20.9. The molecule has 3 aromatic heterocycles. The number of aromatic carboxylic acids is 1. The number of anilines is 2. The summed E-state index contributed by atoms with van der Waals surface area (Å²) in [4.78, 5) is 23.5. The molecule has 3 heterocycles. The van der Waals surface area contributed by atoms with E-state index in [1.165, 1.54) is 36.7 Å². The van der Waals surface area contributed by atoms with Crippen LogP contribution in [0.15, 0.2) is 61.2 Å². The van der Waals surface area contributed by atoms with Crippen molar-refractivity contribution >= 4 is 17.6 Å². The fraction of sp³-hybridized carbons (Fsp3) is 0.0500. The standard InChI is InChI=1S/C20H12F4N6O2/c21-13-2-1-3-14(7-13)27-19-26-10-15(11-6-12(18(31)32)9-25-8-11)17(28-19)30-5-4-16(29-30)20(22,23)24/h1-10H,(H,31,32)(H,26,27,28). The van der Waals surface area contributed by atoms with E-state index in [4.69, 9.17) is 0 Å². The van der Waals surface area contributed by atoms with Crippen LogP contribution in [-0.4, -0.2) is 35.8 Å². The molecule has 0 spiro atoms. The second kappa shape index (κ2) is 8.06. The van der Waals surface area contributed by atoms with Gasteiger partial charge in [0.25, 0.3) is 0 Å². The van der Waals surface area contributed by atoms with Gasteiger partial charge in [-0.1, -0.05) is 6.07 Å². The highest BCUT2D eigenvalue weighted by Crippen LogP contribution is 2.30. The summed E-state index contributed by atoms with van der Waals surface area (Å²) in [5.41, 5.74) is -0.524. The topological polar surface area (TPSA) is 106 Å². The number of hydrogen-bond acceptors (Lipinski definition) is 6. The summed E-state index contributed by atoms with van der Waals surface area (Å²) >= 11 is 0. The quantitative estimate of drug-likeness (QED) is 0.442. The third-order valence-electron chi connectivity index (χ3n) is 4.24. The molecule has 162 valence electrons. The molecular formula is C20H12F4N6O2. The number of aromatic nitrogens is 5. The Morgan fingerprint density at radius 1 is 1.09 bits per heavy atom. The van der Waals surface area contributed by atoms with E-state index < -0.39 is 23.7 Å². The minimum absolute atomic E-state index is 0.0410. The van der Waals surface area contributed by atoms with Gasteiger partial charge in [0.2, 0.25) is 5.95 Å². The van der Waals surface area contributed by atoms with E-state index in [1.807, 2.05) is 0 Å². The van der Waals surface area contributed by atoms with Crippen LogP contribution in [-0.2, 0) is 6.18 Å². The van der Waals surface area contributed by atoms with E-state index >= 15 is 0 Å². The number of halogens is 4. The van der Waals surface area contributed by atoms with Crippen molar-refractivity contribution in [1.29, 1.82) is 0 Å². The molecule has 0 aliphatic carbocycles. The Labute approximate surface area is 177 Å². The van der Waals surface area contributed by atoms with Crippen molar-refractivity contribution in [2.45, 2.75) is 6.18 Å². The SMILES string of the molecule is O=C(O)c1cncc(-c2cnc(Nc3cccc(F)c3)nc2-n2ccc(C(F)(F)F)n2)c1. The number of hydrogen-bond donors (Lipinski definition) is 2. The summed E-state index contributed by atoms with van der Waals surface area (Å²) in [6.45, 7) is 0. The van der Waals surface area contributed by atoms with Crippen molar-refractivity contribution in [2.24, 2.45) is 0 Å². The number of alkyl halides is 3. The van der Waals surface area contributed by atoms with Crippen LogP contribution in [0.5, 0.6) is 0 Å². The lowest BCUT2D eigenvalue weighted by molar-refractivity contribution is -0.141. The smallest absolute Gasteiger partial charge is 0.435 e. The number of pyridine rings is 1. The first-order chi connectivity index (χ1) is 15.2. The monoisotopic (exact) mass is 444 g/mol. The van der Waals surface area contributed by atoms with Crippen LogP contribution in [0.2, 0.25) is 0 Å². The maximum Gasteiger partial charge on any atom is 0.435 e. The molecule has 0 radical (unpaired) electrons. The number of carboxylic acids is 1. The maximum atomic E-state index is 13.5. The van der Waals surface area contributed by atoms with Crippen LogP contribution in [0.1, 0.15) is 16.1 Å². The molecule has 0 atom stereocenters. The van der Waals surface area contributed by atoms with E-state index in [1.54, 1.807) is 6.07 Å². The molecule has 0 bridgehead atoms. The van der Waals surface area contributed by atoms with Gasteiger partial charge in [-0.15, -0.1) is 0 Å². The molecule has 4 aromatic rings. The van der Waals surface area contributed by atoms with Gasteiger partial charge in [-0.2, -0.15) is 23.3 Å². The zero-order chi connectivity index (χ0) is 22.9. The highest BCUT2D eigenvalue weighted by atomic mass is 19.4. The van der Waals surface area contributed by atoms with Gasteiger partial charge >= 0.3 is 12.1 Å². The lowest BCUT2D eigenvalue weighted by Crippen LogP contribution is -2.10. The second-order valence-electron chi connectivity index (χ2n) is 6.48. The Morgan fingerprint density at radius 2 is 1.91 bits per heavy atom. The van der Waals surface area contributed by atoms with Gasteiger partial charge < -0.3 is 10.4 Å². The first-order valence-corrected chi connectivity index (χ1v) is 8.92. The lowest BCUT2D eigenvalue weighted by Gasteiger charge is -2.12. The third kappa shape index (κ3) is 4.38. The Kier molecular flexibility index (Phi) is 5.26. The zero-order valence-electron chi connectivity index (χ0n) is 15.9. The predicted octanol–water partition coefficient (Wildman–Crippen LogP) is 4.32. The van der Waals surface area contributed by atoms with E-state index in [0.29, 0.717) is 5.69 Å². The van der Waals surface area contributed by atoms with E-state index in [0.717, 1.165) is 23.1 Å². The van der Waals surface area contributed by atoms with Crippen molar-refractivity contribution in [2.75, 3.05) is 5.32 Å². The number of nitrogens with zero attached hydrogens (tertiary/aromatic N) is 5. The van der Waals surface area contributed by atoms with Crippen LogP contribution in [0.3, 0.4) is 0 Å². The average molecular weight is 444 g/mol. The van der Waals surface area contributed by atoms with Crippen molar-refractivity contribution < 1.29 is 27.5 Å². The van der Waals surface area contributed by atoms with Crippen LogP contribution in [0, 0.1) is 5.82 Å². The van der Waals surface area contributed by atoms with Crippen molar-refractivity contribution in [3.63, 3.8) is 0 Å². The van der Waals surface area contributed by atoms with E-state index in [2.05, 4.69) is 25.4 Å². The van der Waals surface area contributed by atoms with Crippen molar-refractivity contribution in [1.82, 2.24) is 24.7 Å². The minimum Gasteiger partial charge on any atom is -0.478 e. The zero-order valence-corrected chi connectivity index (χ0v) is 15.9.